The smallest absolute Gasteiger partial charge is 0.144 e. The summed E-state index contributed by atoms with van der Waals surface area (Å²) in [4.78, 5) is 0. The number of hydrogen-bond acceptors (Lipinski definition) is 2. The Labute approximate surface area is 182 Å². The van der Waals surface area contributed by atoms with Gasteiger partial charge in [0.2, 0.25) is 0 Å². The van der Waals surface area contributed by atoms with Gasteiger partial charge in [-0.25, -0.2) is 8.78 Å². The molecular weight excluding hydrogens is 392 g/mol. The summed E-state index contributed by atoms with van der Waals surface area (Å²) < 4.78 is 33.1. The summed E-state index contributed by atoms with van der Waals surface area (Å²) in [6.07, 6.45) is 5.74. The lowest BCUT2D eigenvalue weighted by Crippen LogP contribution is -1.98. The first-order chi connectivity index (χ1) is 15.1. The van der Waals surface area contributed by atoms with E-state index in [1.54, 1.807) is 6.07 Å². The second-order valence-electron chi connectivity index (χ2n) is 7.43. The molecule has 0 saturated heterocycles. The van der Waals surface area contributed by atoms with Crippen molar-refractivity contribution in [3.63, 3.8) is 0 Å². The Kier molecular flexibility index (Phi) is 7.95. The van der Waals surface area contributed by atoms with Crippen molar-refractivity contribution in [3.8, 4) is 11.8 Å². The van der Waals surface area contributed by atoms with Gasteiger partial charge in [0, 0.05) is 0 Å². The fraction of sp³-hybridized carbons (Fsp3) is 0.222. The quantitative estimate of drug-likeness (QED) is 0.284. The van der Waals surface area contributed by atoms with E-state index >= 15 is 0 Å². The van der Waals surface area contributed by atoms with E-state index in [1.807, 2.05) is 18.2 Å². The minimum atomic E-state index is -0.802. The molecule has 0 bridgehead atoms. The molecule has 0 spiro atoms. The first-order valence-corrected chi connectivity index (χ1v) is 10.4. The van der Waals surface area contributed by atoms with Gasteiger partial charge in [-0.15, -0.1) is 6.58 Å². The molecule has 2 nitrogen and oxygen atoms in total. The maximum atomic E-state index is 13.7. The predicted octanol–water partition coefficient (Wildman–Crippen LogP) is 6.36. The maximum Gasteiger partial charge on any atom is 0.144 e. The molecule has 0 atom stereocenters. The molecule has 0 aliphatic heterocycles. The number of benzene rings is 3. The average molecular weight is 417 g/mol. The fourth-order valence-electron chi connectivity index (χ4n) is 3.34. The van der Waals surface area contributed by atoms with E-state index in [1.165, 1.54) is 23.3 Å². The number of aryl methyl sites for hydroxylation is 4. The Morgan fingerprint density at radius 2 is 1.23 bits per heavy atom. The van der Waals surface area contributed by atoms with Crippen LogP contribution in [0, 0.1) is 23.0 Å². The minimum Gasteiger partial charge on any atom is -0.493 e. The van der Waals surface area contributed by atoms with E-state index in [0.717, 1.165) is 30.6 Å². The van der Waals surface area contributed by atoms with Gasteiger partial charge in [-0.3, -0.25) is 0 Å². The van der Waals surface area contributed by atoms with Gasteiger partial charge in [-0.1, -0.05) is 42.5 Å². The van der Waals surface area contributed by atoms with Crippen LogP contribution in [-0.4, -0.2) is 6.61 Å². The molecule has 4 heteroatoms. The molecule has 0 saturated carbocycles. The molecule has 0 unspecified atom stereocenters. The van der Waals surface area contributed by atoms with Crippen LogP contribution in [0.25, 0.3) is 0 Å². The number of halogens is 2. The van der Waals surface area contributed by atoms with Crippen LogP contribution in [0.4, 0.5) is 8.78 Å². The average Bonchev–Trinajstić information content (AvgIpc) is 2.78. The summed E-state index contributed by atoms with van der Waals surface area (Å²) >= 11 is 0. The molecule has 3 rings (SSSR count). The third kappa shape index (κ3) is 6.52. The molecule has 158 valence electrons. The summed E-state index contributed by atoms with van der Waals surface area (Å²) in [5.74, 6) is -0.731. The van der Waals surface area contributed by atoms with Gasteiger partial charge in [-0.05, 0) is 78.6 Å². The van der Waals surface area contributed by atoms with Gasteiger partial charge in [0.05, 0.1) is 6.61 Å². The molecule has 0 aliphatic carbocycles. The molecule has 3 aromatic carbocycles. The number of nitrogens with zero attached hydrogens (tertiary/aromatic N) is 1. The zero-order chi connectivity index (χ0) is 22.1. The third-order valence-corrected chi connectivity index (χ3v) is 5.16. The van der Waals surface area contributed by atoms with Crippen molar-refractivity contribution >= 4 is 0 Å². The van der Waals surface area contributed by atoms with Gasteiger partial charge in [0.25, 0.3) is 0 Å². The van der Waals surface area contributed by atoms with Gasteiger partial charge in [0.15, 0.2) is 0 Å². The summed E-state index contributed by atoms with van der Waals surface area (Å²) in [5, 5.41) is 8.75. The summed E-state index contributed by atoms with van der Waals surface area (Å²) in [6, 6.07) is 20.5. The van der Waals surface area contributed by atoms with Crippen molar-refractivity contribution in [2.24, 2.45) is 0 Å². The lowest BCUT2D eigenvalue weighted by Gasteiger charge is -2.08. The van der Waals surface area contributed by atoms with Crippen LogP contribution in [0.3, 0.4) is 0 Å². The zero-order valence-electron chi connectivity index (χ0n) is 17.4. The molecule has 0 heterocycles. The Morgan fingerprint density at radius 3 is 1.68 bits per heavy atom. The van der Waals surface area contributed by atoms with E-state index in [-0.39, 0.29) is 0 Å². The standard InChI is InChI=1S/C27H25F2NO/c1-2-3-16-31-24-14-12-22(13-15-24)9-8-20-4-6-21(7-5-20)10-11-23-17-26(28)25(19-30)27(29)18-23/h2,4-7,12-15,17-18H,1,3,8-11,16H2. The topological polar surface area (TPSA) is 33.0 Å². The number of nitriles is 1. The molecule has 0 radical (unpaired) electrons. The second kappa shape index (κ2) is 11.1. The number of rotatable bonds is 10. The van der Waals surface area contributed by atoms with Crippen molar-refractivity contribution in [1.29, 1.82) is 5.26 Å². The molecule has 0 aromatic heterocycles. The molecule has 0 N–H and O–H groups in total. The van der Waals surface area contributed by atoms with Crippen LogP contribution in [0.1, 0.15) is 34.2 Å². The lowest BCUT2D eigenvalue weighted by atomic mass is 9.99. The van der Waals surface area contributed by atoms with E-state index in [2.05, 4.69) is 43.0 Å². The summed E-state index contributed by atoms with van der Waals surface area (Å²) in [5.41, 5.74) is 3.63. The monoisotopic (exact) mass is 417 g/mol. The van der Waals surface area contributed by atoms with E-state index in [9.17, 15) is 8.78 Å². The Morgan fingerprint density at radius 1 is 0.774 bits per heavy atom. The summed E-state index contributed by atoms with van der Waals surface area (Å²) in [6.45, 7) is 4.33. The highest BCUT2D eigenvalue weighted by molar-refractivity contribution is 5.36. The first-order valence-electron chi connectivity index (χ1n) is 10.4. The van der Waals surface area contributed by atoms with Crippen molar-refractivity contribution < 1.29 is 13.5 Å². The molecular formula is C27H25F2NO. The van der Waals surface area contributed by atoms with Gasteiger partial charge in [-0.2, -0.15) is 5.26 Å². The summed E-state index contributed by atoms with van der Waals surface area (Å²) in [7, 11) is 0. The van der Waals surface area contributed by atoms with E-state index in [4.69, 9.17) is 10.00 Å². The largest absolute Gasteiger partial charge is 0.493 e. The van der Waals surface area contributed by atoms with Crippen LogP contribution in [0.15, 0.2) is 73.3 Å². The van der Waals surface area contributed by atoms with E-state index < -0.39 is 17.2 Å². The van der Waals surface area contributed by atoms with Crippen LogP contribution in [-0.2, 0) is 25.7 Å². The Hall–Kier alpha value is -3.45. The highest BCUT2D eigenvalue weighted by Crippen LogP contribution is 2.18. The minimum absolute atomic E-state index is 0.514. The maximum absolute atomic E-state index is 13.7. The normalized spacial score (nSPS) is 10.5. The van der Waals surface area contributed by atoms with E-state index in [0.29, 0.717) is 25.0 Å². The van der Waals surface area contributed by atoms with Crippen molar-refractivity contribution in [1.82, 2.24) is 0 Å². The molecule has 0 amide bonds. The predicted molar refractivity (Wildman–Crippen MR) is 119 cm³/mol. The lowest BCUT2D eigenvalue weighted by molar-refractivity contribution is 0.325. The van der Waals surface area contributed by atoms with Crippen LogP contribution in [0.5, 0.6) is 5.75 Å². The van der Waals surface area contributed by atoms with Crippen molar-refractivity contribution in [3.05, 3.63) is 113 Å². The molecule has 0 fully saturated rings. The SMILES string of the molecule is C=CCCOc1ccc(CCc2ccc(CCc3cc(F)c(C#N)c(F)c3)cc2)cc1. The Bertz CT molecular complexity index is 1030. The Balaban J connectivity index is 1.49. The van der Waals surface area contributed by atoms with Crippen LogP contribution < -0.4 is 4.74 Å². The molecule has 0 aliphatic rings. The molecule has 31 heavy (non-hydrogen) atoms. The first kappa shape index (κ1) is 22.2. The highest BCUT2D eigenvalue weighted by Gasteiger charge is 2.10. The number of hydrogen-bond donors (Lipinski definition) is 0. The van der Waals surface area contributed by atoms with Crippen molar-refractivity contribution in [2.45, 2.75) is 32.1 Å². The van der Waals surface area contributed by atoms with Crippen LogP contribution >= 0.6 is 0 Å². The fourth-order valence-corrected chi connectivity index (χ4v) is 3.34. The van der Waals surface area contributed by atoms with Crippen molar-refractivity contribution in [2.75, 3.05) is 6.61 Å². The van der Waals surface area contributed by atoms with Crippen LogP contribution in [0.2, 0.25) is 0 Å². The van der Waals surface area contributed by atoms with Gasteiger partial charge >= 0.3 is 0 Å². The highest BCUT2D eigenvalue weighted by atomic mass is 19.1. The van der Waals surface area contributed by atoms with Gasteiger partial charge in [0.1, 0.15) is 29.0 Å². The second-order valence-corrected chi connectivity index (χ2v) is 7.43. The zero-order valence-corrected chi connectivity index (χ0v) is 17.4. The number of ether oxygens (including phenoxy) is 1. The van der Waals surface area contributed by atoms with Gasteiger partial charge < -0.3 is 4.74 Å². The third-order valence-electron chi connectivity index (χ3n) is 5.16. The molecule has 3 aromatic rings.